The zero-order valence-corrected chi connectivity index (χ0v) is 15.3. The number of hydrogen-bond donors (Lipinski definition) is 2. The van der Waals surface area contributed by atoms with Gasteiger partial charge in [-0.3, -0.25) is 4.79 Å². The second-order valence-electron chi connectivity index (χ2n) is 5.67. The van der Waals surface area contributed by atoms with Gasteiger partial charge in [-0.15, -0.1) is 0 Å². The Morgan fingerprint density at radius 1 is 0.889 bits per heavy atom. The summed E-state index contributed by atoms with van der Waals surface area (Å²) in [6, 6.07) is 16.2. The van der Waals surface area contributed by atoms with E-state index in [1.807, 2.05) is 36.4 Å². The number of benzene rings is 2. The van der Waals surface area contributed by atoms with Gasteiger partial charge in [0, 0.05) is 6.07 Å². The van der Waals surface area contributed by atoms with Crippen LogP contribution in [0.3, 0.4) is 0 Å². The smallest absolute Gasteiger partial charge is 0.274 e. The lowest BCUT2D eigenvalue weighted by Crippen LogP contribution is -2.16. The minimum absolute atomic E-state index is 0.241. The monoisotopic (exact) mass is 364 g/mol. The minimum Gasteiger partial charge on any atom is -0.495 e. The Kier molecular flexibility index (Phi) is 5.51. The van der Waals surface area contributed by atoms with Crippen molar-refractivity contribution >= 4 is 23.1 Å². The summed E-state index contributed by atoms with van der Waals surface area (Å²) in [7, 11) is 3.15. The Morgan fingerprint density at radius 2 is 1.48 bits per heavy atom. The fraction of sp³-hybridized carbons (Fsp3) is 0.150. The van der Waals surface area contributed by atoms with Gasteiger partial charge in [0.2, 0.25) is 0 Å². The summed E-state index contributed by atoms with van der Waals surface area (Å²) in [5, 5.41) is 5.98. The van der Waals surface area contributed by atoms with Crippen LogP contribution in [0, 0.1) is 6.92 Å². The minimum atomic E-state index is -0.354. The number of carbonyl (C=O) groups is 1. The fourth-order valence-corrected chi connectivity index (χ4v) is 2.57. The summed E-state index contributed by atoms with van der Waals surface area (Å²) in [6.07, 6.45) is 0. The third-order valence-corrected chi connectivity index (χ3v) is 3.80. The summed E-state index contributed by atoms with van der Waals surface area (Å²) in [5.41, 5.74) is 1.56. The number of amides is 1. The van der Waals surface area contributed by atoms with Gasteiger partial charge in [0.15, 0.2) is 0 Å². The summed E-state index contributed by atoms with van der Waals surface area (Å²) < 4.78 is 10.6. The quantitative estimate of drug-likeness (QED) is 0.692. The topological polar surface area (TPSA) is 85.4 Å². The van der Waals surface area contributed by atoms with Crippen molar-refractivity contribution in [3.05, 3.63) is 66.1 Å². The number of hydrogen-bond acceptors (Lipinski definition) is 6. The Bertz CT molecular complexity index is 959. The van der Waals surface area contributed by atoms with Gasteiger partial charge in [0.25, 0.3) is 5.91 Å². The Hall–Kier alpha value is -3.61. The van der Waals surface area contributed by atoms with E-state index in [1.54, 1.807) is 39.3 Å². The van der Waals surface area contributed by atoms with E-state index >= 15 is 0 Å². The number of para-hydroxylation sites is 4. The highest BCUT2D eigenvalue weighted by Gasteiger charge is 2.14. The molecule has 0 bridgehead atoms. The van der Waals surface area contributed by atoms with Crippen LogP contribution in [0.5, 0.6) is 11.5 Å². The first-order valence-corrected chi connectivity index (χ1v) is 8.31. The molecule has 0 aliphatic carbocycles. The first kappa shape index (κ1) is 18.2. The van der Waals surface area contributed by atoms with E-state index in [0.717, 1.165) is 5.69 Å². The molecule has 7 nitrogen and oxygen atoms in total. The van der Waals surface area contributed by atoms with E-state index in [-0.39, 0.29) is 11.6 Å². The normalized spacial score (nSPS) is 10.2. The molecule has 0 unspecified atom stereocenters. The molecule has 0 saturated carbocycles. The number of nitrogens with one attached hydrogen (secondary N) is 2. The third-order valence-electron chi connectivity index (χ3n) is 3.80. The number of nitrogens with zero attached hydrogens (tertiary/aromatic N) is 2. The molecular formula is C20H20N4O3. The molecule has 0 spiro atoms. The molecule has 3 aromatic rings. The van der Waals surface area contributed by atoms with E-state index in [4.69, 9.17) is 9.47 Å². The van der Waals surface area contributed by atoms with Gasteiger partial charge < -0.3 is 20.1 Å². The van der Waals surface area contributed by atoms with E-state index < -0.39 is 0 Å². The number of carbonyl (C=O) groups excluding carboxylic acids is 1. The molecule has 0 aliphatic rings. The van der Waals surface area contributed by atoms with E-state index in [2.05, 4.69) is 20.6 Å². The molecule has 2 aromatic carbocycles. The third kappa shape index (κ3) is 4.33. The van der Waals surface area contributed by atoms with Gasteiger partial charge in [0.1, 0.15) is 28.8 Å². The highest BCUT2D eigenvalue weighted by Crippen LogP contribution is 2.27. The highest BCUT2D eigenvalue weighted by molar-refractivity contribution is 6.04. The second kappa shape index (κ2) is 8.18. The van der Waals surface area contributed by atoms with E-state index in [9.17, 15) is 4.79 Å². The molecule has 0 aliphatic heterocycles. The summed E-state index contributed by atoms with van der Waals surface area (Å²) in [5.74, 6) is 1.86. The predicted octanol–water partition coefficient (Wildman–Crippen LogP) is 3.80. The van der Waals surface area contributed by atoms with Crippen molar-refractivity contribution in [3.63, 3.8) is 0 Å². The summed E-state index contributed by atoms with van der Waals surface area (Å²) in [6.45, 7) is 1.73. The van der Waals surface area contributed by atoms with Crippen LogP contribution in [0.4, 0.5) is 17.2 Å². The number of methoxy groups -OCH3 is 2. The van der Waals surface area contributed by atoms with Gasteiger partial charge in [-0.05, 0) is 31.2 Å². The largest absolute Gasteiger partial charge is 0.495 e. The van der Waals surface area contributed by atoms with Gasteiger partial charge >= 0.3 is 0 Å². The molecule has 138 valence electrons. The Balaban J connectivity index is 1.85. The molecule has 3 rings (SSSR count). The molecule has 1 heterocycles. The number of rotatable bonds is 6. The second-order valence-corrected chi connectivity index (χ2v) is 5.67. The molecule has 0 atom stereocenters. The van der Waals surface area contributed by atoms with Crippen molar-refractivity contribution in [2.45, 2.75) is 6.92 Å². The van der Waals surface area contributed by atoms with Crippen LogP contribution in [0.1, 0.15) is 16.3 Å². The van der Waals surface area contributed by atoms with Crippen molar-refractivity contribution in [2.24, 2.45) is 0 Å². The van der Waals surface area contributed by atoms with Gasteiger partial charge in [0.05, 0.1) is 25.6 Å². The van der Waals surface area contributed by atoms with E-state index in [1.165, 1.54) is 0 Å². The zero-order valence-electron chi connectivity index (χ0n) is 15.3. The maximum absolute atomic E-state index is 12.7. The molecule has 0 radical (unpaired) electrons. The molecule has 0 fully saturated rings. The predicted molar refractivity (Wildman–Crippen MR) is 104 cm³/mol. The van der Waals surface area contributed by atoms with Gasteiger partial charge in [-0.1, -0.05) is 24.3 Å². The van der Waals surface area contributed by atoms with Crippen LogP contribution in [0.25, 0.3) is 0 Å². The first-order chi connectivity index (χ1) is 13.1. The average molecular weight is 364 g/mol. The lowest BCUT2D eigenvalue weighted by atomic mass is 10.2. The van der Waals surface area contributed by atoms with Crippen molar-refractivity contribution in [1.29, 1.82) is 0 Å². The Morgan fingerprint density at radius 3 is 2.15 bits per heavy atom. The van der Waals surface area contributed by atoms with Crippen LogP contribution < -0.4 is 20.1 Å². The molecular weight excluding hydrogens is 344 g/mol. The number of anilines is 3. The van der Waals surface area contributed by atoms with Crippen molar-refractivity contribution in [3.8, 4) is 11.5 Å². The van der Waals surface area contributed by atoms with Crippen LogP contribution in [-0.4, -0.2) is 30.1 Å². The average Bonchev–Trinajstić information content (AvgIpc) is 2.68. The SMILES string of the molecule is COc1ccccc1NC(=O)c1cc(Nc2ccccc2OC)nc(C)n1. The molecule has 0 saturated heterocycles. The molecule has 1 amide bonds. The molecule has 27 heavy (non-hydrogen) atoms. The van der Waals surface area contributed by atoms with Crippen LogP contribution in [-0.2, 0) is 0 Å². The van der Waals surface area contributed by atoms with Crippen molar-refractivity contribution in [1.82, 2.24) is 9.97 Å². The Labute approximate surface area is 157 Å². The number of ether oxygens (including phenoxy) is 2. The standard InChI is InChI=1S/C20H20N4O3/c1-13-21-16(20(25)24-15-9-5-7-11-18(15)27-3)12-19(22-13)23-14-8-4-6-10-17(14)26-2/h4-12H,1-3H3,(H,24,25)(H,21,22,23). The lowest BCUT2D eigenvalue weighted by molar-refractivity contribution is 0.102. The molecule has 1 aromatic heterocycles. The number of aryl methyl sites for hydroxylation is 1. The fourth-order valence-electron chi connectivity index (χ4n) is 2.57. The lowest BCUT2D eigenvalue weighted by Gasteiger charge is -2.12. The van der Waals surface area contributed by atoms with Gasteiger partial charge in [-0.2, -0.15) is 0 Å². The van der Waals surface area contributed by atoms with Crippen LogP contribution >= 0.6 is 0 Å². The molecule has 7 heteroatoms. The van der Waals surface area contributed by atoms with Crippen molar-refractivity contribution < 1.29 is 14.3 Å². The number of aromatic nitrogens is 2. The van der Waals surface area contributed by atoms with E-state index in [0.29, 0.717) is 28.8 Å². The summed E-state index contributed by atoms with van der Waals surface area (Å²) in [4.78, 5) is 21.2. The van der Waals surface area contributed by atoms with Crippen molar-refractivity contribution in [2.75, 3.05) is 24.9 Å². The maximum atomic E-state index is 12.7. The van der Waals surface area contributed by atoms with Crippen LogP contribution in [0.2, 0.25) is 0 Å². The maximum Gasteiger partial charge on any atom is 0.274 e. The summed E-state index contributed by atoms with van der Waals surface area (Å²) >= 11 is 0. The molecule has 2 N–H and O–H groups in total. The van der Waals surface area contributed by atoms with Crippen LogP contribution in [0.15, 0.2) is 54.6 Å². The zero-order chi connectivity index (χ0) is 19.2. The van der Waals surface area contributed by atoms with Gasteiger partial charge in [-0.25, -0.2) is 9.97 Å². The first-order valence-electron chi connectivity index (χ1n) is 8.31. The highest BCUT2D eigenvalue weighted by atomic mass is 16.5.